The minimum Gasteiger partial charge on any atom is -0.458 e. The van der Waals surface area contributed by atoms with E-state index < -0.39 is 0 Å². The smallest absolute Gasteiger partial charge is 0.256 e. The van der Waals surface area contributed by atoms with Gasteiger partial charge >= 0.3 is 0 Å². The fourth-order valence-corrected chi connectivity index (χ4v) is 16.4. The Morgan fingerprint density at radius 3 is 1.19 bits per heavy atom. The molecule has 0 N–H and O–H groups in total. The molecule has 0 saturated heterocycles. The molecule has 0 fully saturated rings. The van der Waals surface area contributed by atoms with Crippen molar-refractivity contribution in [1.29, 1.82) is 0 Å². The van der Waals surface area contributed by atoms with E-state index in [0.29, 0.717) is 0 Å². The number of para-hydroxylation sites is 1. The Hall–Kier alpha value is -11.5. The highest BCUT2D eigenvalue weighted by atomic mass is 16.5. The number of hydrogen-bond acceptors (Lipinski definition) is 3. The first-order valence-electron chi connectivity index (χ1n) is 38.5. The molecule has 0 spiro atoms. The van der Waals surface area contributed by atoms with Gasteiger partial charge in [-0.15, -0.1) is 0 Å². The fraction of sp³-hybridized carbons (Fsp3) is 0.192. The van der Waals surface area contributed by atoms with Crippen LogP contribution in [0.4, 0.5) is 17.1 Å². The third-order valence-corrected chi connectivity index (χ3v) is 22.6. The zero-order chi connectivity index (χ0) is 74.9. The second kappa shape index (κ2) is 26.2. The molecule has 0 radical (unpaired) electrons. The van der Waals surface area contributed by atoms with Crippen molar-refractivity contribution < 1.29 is 9.15 Å². The van der Waals surface area contributed by atoms with E-state index in [1.165, 1.54) is 44.4 Å². The zero-order valence-electron chi connectivity index (χ0n) is 65.1. The van der Waals surface area contributed by atoms with Gasteiger partial charge in [0.25, 0.3) is 6.71 Å². The van der Waals surface area contributed by atoms with Gasteiger partial charge in [-0.05, 0) is 216 Å². The maximum absolute atomic E-state index is 8.25. The first kappa shape index (κ1) is 69.6. The van der Waals surface area contributed by atoms with E-state index in [1.807, 2.05) is 0 Å². The topological polar surface area (TPSA) is 25.6 Å². The summed E-state index contributed by atoms with van der Waals surface area (Å²) in [6.45, 7) is 34.8. The van der Waals surface area contributed by atoms with Gasteiger partial charge in [-0.1, -0.05) is 334 Å². The number of hydrogen-bond donors (Lipinski definition) is 0. The molecule has 3 nitrogen and oxygen atoms in total. The number of nitrogens with zero attached hydrogens (tertiary/aromatic N) is 1. The molecule has 0 bridgehead atoms. The van der Waals surface area contributed by atoms with E-state index >= 15 is 0 Å². The molecule has 2 aliphatic heterocycles. The Balaban J connectivity index is 1.03. The van der Waals surface area contributed by atoms with E-state index in [9.17, 15) is 0 Å². The third kappa shape index (κ3) is 12.7. The number of anilines is 3. The predicted octanol–water partition coefficient (Wildman–Crippen LogP) is 27.5. The predicted molar refractivity (Wildman–Crippen MR) is 462 cm³/mol. The molecule has 108 heavy (non-hydrogen) atoms. The SMILES string of the molecule is CC(C)(C)c1cc(-c2ccc3c(c2)N(c2c(-c4ccccc4)cc(C(C)(C)C)cc2-c2ccccc2)c2cc(-c4cc(-c5cc(-c6ccccc6)cc(-c6ccccc6)c5)c5oc6ccccc6c5c4)cc4c2B3c2ccc(-c3cc(C(C)(C)C)cc(C(C)(C)C)c3)c(-c3ccccc3)c2O4)cc(C(C)(C)C)c1. The average Bonchev–Trinajstić information content (AvgIpc) is 0.731. The van der Waals surface area contributed by atoms with Crippen molar-refractivity contribution in [3.8, 4) is 112 Å². The third-order valence-electron chi connectivity index (χ3n) is 22.6. The molecule has 1 aromatic heterocycles. The van der Waals surface area contributed by atoms with Crippen molar-refractivity contribution in [3.63, 3.8) is 0 Å². The van der Waals surface area contributed by atoms with Crippen LogP contribution in [0, 0.1) is 0 Å². The molecular formula is C104H94BNO2. The molecule has 0 aliphatic carbocycles. The molecule has 3 heterocycles. The first-order chi connectivity index (χ1) is 51.7. The fourth-order valence-electron chi connectivity index (χ4n) is 16.4. The van der Waals surface area contributed by atoms with Gasteiger partial charge < -0.3 is 14.1 Å². The highest BCUT2D eigenvalue weighted by molar-refractivity contribution is 6.99. The molecule has 2 aliphatic rings. The van der Waals surface area contributed by atoms with Gasteiger partial charge in [0.1, 0.15) is 22.7 Å². The van der Waals surface area contributed by atoms with Crippen molar-refractivity contribution >= 4 is 62.1 Å². The molecule has 0 saturated carbocycles. The van der Waals surface area contributed by atoms with Gasteiger partial charge in [0.05, 0.1) is 5.69 Å². The average molecular weight is 1400 g/mol. The second-order valence-corrected chi connectivity index (χ2v) is 35.4. The maximum Gasteiger partial charge on any atom is 0.256 e. The molecule has 17 rings (SSSR count). The lowest BCUT2D eigenvalue weighted by Gasteiger charge is -2.42. The zero-order valence-corrected chi connectivity index (χ0v) is 65.1. The van der Waals surface area contributed by atoms with E-state index in [2.05, 4.69) is 406 Å². The Morgan fingerprint density at radius 2 is 0.676 bits per heavy atom. The summed E-state index contributed by atoms with van der Waals surface area (Å²) in [5.41, 5.74) is 34.2. The highest BCUT2D eigenvalue weighted by Crippen LogP contribution is 2.55. The summed E-state index contributed by atoms with van der Waals surface area (Å²) in [5, 5.41) is 2.09. The summed E-state index contributed by atoms with van der Waals surface area (Å²) < 4.78 is 15.4. The lowest BCUT2D eigenvalue weighted by molar-refractivity contribution is 0.489. The number of fused-ring (bicyclic) bond motifs is 7. The van der Waals surface area contributed by atoms with Gasteiger partial charge in [0, 0.05) is 44.4 Å². The van der Waals surface area contributed by atoms with E-state index in [4.69, 9.17) is 9.15 Å². The number of benzene rings is 14. The highest BCUT2D eigenvalue weighted by Gasteiger charge is 2.45. The summed E-state index contributed by atoms with van der Waals surface area (Å²) in [6, 6.07) is 112. The lowest BCUT2D eigenvalue weighted by Crippen LogP contribution is -2.59. The minimum absolute atomic E-state index is 0.115. The minimum atomic E-state index is -0.288. The normalized spacial score (nSPS) is 13.0. The molecule has 14 aromatic carbocycles. The monoisotopic (exact) mass is 1400 g/mol. The van der Waals surface area contributed by atoms with Gasteiger partial charge in [-0.2, -0.15) is 0 Å². The number of rotatable bonds is 10. The molecule has 15 aromatic rings. The van der Waals surface area contributed by atoms with Crippen LogP contribution in [0.25, 0.3) is 122 Å². The summed E-state index contributed by atoms with van der Waals surface area (Å²) in [6.07, 6.45) is 0. The van der Waals surface area contributed by atoms with Crippen molar-refractivity contribution in [3.05, 3.63) is 325 Å². The van der Waals surface area contributed by atoms with Crippen molar-refractivity contribution in [2.45, 2.75) is 131 Å². The van der Waals surface area contributed by atoms with Crippen LogP contribution in [0.15, 0.2) is 302 Å². The van der Waals surface area contributed by atoms with Crippen molar-refractivity contribution in [2.24, 2.45) is 0 Å². The van der Waals surface area contributed by atoms with Crippen LogP contribution in [0.5, 0.6) is 11.5 Å². The van der Waals surface area contributed by atoms with Crippen LogP contribution >= 0.6 is 0 Å². The molecule has 0 unspecified atom stereocenters. The first-order valence-corrected chi connectivity index (χ1v) is 38.5. The standard InChI is InChI=1S/C104H94BNO2/c1-100(2,3)78-52-73(53-79(61-78)101(4,5)6)70-45-47-89-91(58-70)106(97-85(67-37-25-18-26-38-67)63-82(104(13,14)15)64-86(97)68-39-27-19-28-40-68)92-59-75(60-94-96(92)105(89)90-48-46-83(95(99(90)108-94)69-41-29-20-30-42-69)77-54-80(102(7,8)9)62-81(55-77)103(10,11)12)74-56-87(98-88(57-74)84-43-31-32-44-93(84)107-98)76-50-71(65-33-21-16-22-34-65)49-72(51-76)66-35-23-17-24-36-66/h16-64H,1-15H3. The molecule has 0 amide bonds. The van der Waals surface area contributed by atoms with Crippen molar-refractivity contribution in [2.75, 3.05) is 4.90 Å². The number of ether oxygens (including phenoxy) is 1. The Bertz CT molecular complexity index is 5830. The second-order valence-electron chi connectivity index (χ2n) is 35.4. The summed E-state index contributed by atoms with van der Waals surface area (Å²) in [7, 11) is 0. The van der Waals surface area contributed by atoms with E-state index in [0.717, 1.165) is 150 Å². The van der Waals surface area contributed by atoms with Gasteiger partial charge in [0.15, 0.2) is 0 Å². The van der Waals surface area contributed by atoms with Gasteiger partial charge in [0.2, 0.25) is 0 Å². The van der Waals surface area contributed by atoms with Crippen LogP contribution < -0.4 is 26.0 Å². The van der Waals surface area contributed by atoms with Crippen LogP contribution in [-0.2, 0) is 27.1 Å². The lowest BCUT2D eigenvalue weighted by atomic mass is 9.34. The largest absolute Gasteiger partial charge is 0.458 e. The Labute approximate surface area is 639 Å². The van der Waals surface area contributed by atoms with Crippen LogP contribution in [-0.4, -0.2) is 6.71 Å². The van der Waals surface area contributed by atoms with E-state index in [1.54, 1.807) is 0 Å². The summed E-state index contributed by atoms with van der Waals surface area (Å²) >= 11 is 0. The quantitative estimate of drug-likeness (QED) is 0.128. The van der Waals surface area contributed by atoms with Crippen LogP contribution in [0.3, 0.4) is 0 Å². The van der Waals surface area contributed by atoms with Crippen LogP contribution in [0.2, 0.25) is 0 Å². The van der Waals surface area contributed by atoms with Gasteiger partial charge in [-0.25, -0.2) is 0 Å². The number of furan rings is 1. The van der Waals surface area contributed by atoms with Crippen LogP contribution in [0.1, 0.15) is 132 Å². The Morgan fingerprint density at radius 1 is 0.269 bits per heavy atom. The van der Waals surface area contributed by atoms with Gasteiger partial charge in [-0.3, -0.25) is 0 Å². The molecule has 4 heteroatoms. The molecule has 0 atom stereocenters. The van der Waals surface area contributed by atoms with E-state index in [-0.39, 0.29) is 33.8 Å². The summed E-state index contributed by atoms with van der Waals surface area (Å²) in [4.78, 5) is 2.67. The Kier molecular flexibility index (Phi) is 16.9. The molecular weight excluding hydrogens is 1310 g/mol. The van der Waals surface area contributed by atoms with Crippen molar-refractivity contribution in [1.82, 2.24) is 0 Å². The molecule has 530 valence electrons. The summed E-state index contributed by atoms with van der Waals surface area (Å²) in [5.74, 6) is 1.67. The maximum atomic E-state index is 8.25.